The Morgan fingerprint density at radius 2 is 2.27 bits per heavy atom. The molecule has 0 unspecified atom stereocenters. The molecule has 5 heteroatoms. The van der Waals surface area contributed by atoms with Gasteiger partial charge in [-0.25, -0.2) is 4.68 Å². The Morgan fingerprint density at radius 1 is 1.47 bits per heavy atom. The number of hydrogen-bond donors (Lipinski definition) is 1. The van der Waals surface area contributed by atoms with Crippen LogP contribution in [0, 0.1) is 3.57 Å². The van der Waals surface area contributed by atoms with Gasteiger partial charge in [-0.1, -0.05) is 28.1 Å². The molecule has 1 aromatic heterocycles. The van der Waals surface area contributed by atoms with Crippen LogP contribution in [-0.4, -0.2) is 9.78 Å². The van der Waals surface area contributed by atoms with Crippen molar-refractivity contribution in [3.63, 3.8) is 0 Å². The zero-order valence-electron chi connectivity index (χ0n) is 7.82. The fourth-order valence-electron chi connectivity index (χ4n) is 1.31. The first-order valence-electron chi connectivity index (χ1n) is 4.38. The predicted molar refractivity (Wildman–Crippen MR) is 72.6 cm³/mol. The topological polar surface area (TPSA) is 43.8 Å². The molecule has 2 aromatic rings. The highest BCUT2D eigenvalue weighted by Gasteiger charge is 2.04. The molecule has 0 saturated carbocycles. The molecule has 0 aliphatic heterocycles. The molecular weight excluding hydrogens is 369 g/mol. The summed E-state index contributed by atoms with van der Waals surface area (Å²) in [5.41, 5.74) is 7.05. The number of nitrogens with zero attached hydrogens (tertiary/aromatic N) is 2. The lowest BCUT2D eigenvalue weighted by atomic mass is 10.2. The molecule has 0 aliphatic rings. The van der Waals surface area contributed by atoms with Crippen LogP contribution in [0.3, 0.4) is 0 Å². The summed E-state index contributed by atoms with van der Waals surface area (Å²) in [6.07, 6.45) is 1.77. The smallest absolute Gasteiger partial charge is 0.135 e. The van der Waals surface area contributed by atoms with Gasteiger partial charge in [0.15, 0.2) is 0 Å². The van der Waals surface area contributed by atoms with E-state index >= 15 is 0 Å². The van der Waals surface area contributed by atoms with E-state index in [-0.39, 0.29) is 0 Å². The Kier molecular flexibility index (Phi) is 3.30. The summed E-state index contributed by atoms with van der Waals surface area (Å²) in [6.45, 7) is 0.703. The highest BCUT2D eigenvalue weighted by atomic mass is 127. The van der Waals surface area contributed by atoms with E-state index in [9.17, 15) is 0 Å². The van der Waals surface area contributed by atoms with Crippen molar-refractivity contribution in [3.8, 4) is 0 Å². The molecule has 3 nitrogen and oxygen atoms in total. The van der Waals surface area contributed by atoms with E-state index in [1.165, 1.54) is 5.56 Å². The first-order chi connectivity index (χ1) is 7.16. The number of halogens is 2. The van der Waals surface area contributed by atoms with Gasteiger partial charge in [-0.2, -0.15) is 5.10 Å². The summed E-state index contributed by atoms with van der Waals surface area (Å²) in [5.74, 6) is 0.718. The molecular formula is C10H9BrIN3. The molecule has 2 N–H and O–H groups in total. The van der Waals surface area contributed by atoms with Crippen LogP contribution in [0.1, 0.15) is 5.56 Å². The largest absolute Gasteiger partial charge is 0.383 e. The molecule has 15 heavy (non-hydrogen) atoms. The third kappa shape index (κ3) is 2.52. The highest BCUT2D eigenvalue weighted by molar-refractivity contribution is 14.1. The fourth-order valence-corrected chi connectivity index (χ4v) is 2.16. The molecule has 0 saturated heterocycles. The van der Waals surface area contributed by atoms with Crippen molar-refractivity contribution in [2.45, 2.75) is 6.54 Å². The molecule has 1 aromatic carbocycles. The van der Waals surface area contributed by atoms with Crippen molar-refractivity contribution in [1.82, 2.24) is 9.78 Å². The van der Waals surface area contributed by atoms with Gasteiger partial charge in [0.05, 0.1) is 16.3 Å². The van der Waals surface area contributed by atoms with Crippen LogP contribution in [0.5, 0.6) is 0 Å². The number of rotatable bonds is 2. The maximum atomic E-state index is 5.87. The third-order valence-corrected chi connectivity index (χ3v) is 3.38. The van der Waals surface area contributed by atoms with Crippen molar-refractivity contribution >= 4 is 44.3 Å². The second-order valence-electron chi connectivity index (χ2n) is 3.17. The third-order valence-electron chi connectivity index (χ3n) is 2.05. The van der Waals surface area contributed by atoms with Crippen LogP contribution in [-0.2, 0) is 6.54 Å². The average Bonchev–Trinajstić information content (AvgIpc) is 2.50. The zero-order valence-corrected chi connectivity index (χ0v) is 11.6. The first kappa shape index (κ1) is 10.9. The molecule has 2 rings (SSSR count). The second-order valence-corrected chi connectivity index (χ2v) is 5.24. The van der Waals surface area contributed by atoms with Crippen LogP contribution in [0.4, 0.5) is 5.82 Å². The number of nitrogen functional groups attached to an aromatic ring is 1. The Bertz CT molecular complexity index is 481. The van der Waals surface area contributed by atoms with E-state index in [4.69, 9.17) is 5.73 Å². The second kappa shape index (κ2) is 4.52. The molecule has 0 spiro atoms. The Labute approximate surface area is 110 Å². The van der Waals surface area contributed by atoms with Gasteiger partial charge in [0.1, 0.15) is 5.82 Å². The number of anilines is 1. The Morgan fingerprint density at radius 3 is 2.87 bits per heavy atom. The maximum Gasteiger partial charge on any atom is 0.135 e. The van der Waals surface area contributed by atoms with Crippen molar-refractivity contribution < 1.29 is 0 Å². The lowest BCUT2D eigenvalue weighted by Gasteiger charge is -2.04. The summed E-state index contributed by atoms with van der Waals surface area (Å²) in [6, 6.07) is 8.12. The van der Waals surface area contributed by atoms with Gasteiger partial charge in [-0.3, -0.25) is 0 Å². The van der Waals surface area contributed by atoms with Crippen LogP contribution < -0.4 is 5.73 Å². The molecule has 0 atom stereocenters. The van der Waals surface area contributed by atoms with Gasteiger partial charge < -0.3 is 5.73 Å². The summed E-state index contributed by atoms with van der Waals surface area (Å²) in [7, 11) is 0. The lowest BCUT2D eigenvalue weighted by molar-refractivity contribution is 0.697. The quantitative estimate of drug-likeness (QED) is 0.818. The minimum atomic E-state index is 0.703. The Balaban J connectivity index is 2.26. The summed E-state index contributed by atoms with van der Waals surface area (Å²) < 4.78 is 3.85. The van der Waals surface area contributed by atoms with Gasteiger partial charge in [0.2, 0.25) is 0 Å². The lowest BCUT2D eigenvalue weighted by Crippen LogP contribution is -2.06. The summed E-state index contributed by atoms with van der Waals surface area (Å²) in [5, 5.41) is 4.21. The number of aromatic nitrogens is 2. The van der Waals surface area contributed by atoms with Gasteiger partial charge in [0.25, 0.3) is 0 Å². The molecule has 0 radical (unpaired) electrons. The van der Waals surface area contributed by atoms with E-state index < -0.39 is 0 Å². The monoisotopic (exact) mass is 377 g/mol. The van der Waals surface area contributed by atoms with Crippen LogP contribution in [0.15, 0.2) is 34.9 Å². The van der Waals surface area contributed by atoms with E-state index in [1.54, 1.807) is 10.9 Å². The van der Waals surface area contributed by atoms with Gasteiger partial charge >= 0.3 is 0 Å². The van der Waals surface area contributed by atoms with Gasteiger partial charge in [-0.15, -0.1) is 0 Å². The summed E-state index contributed by atoms with van der Waals surface area (Å²) in [4.78, 5) is 0. The van der Waals surface area contributed by atoms with Crippen molar-refractivity contribution in [2.24, 2.45) is 0 Å². The van der Waals surface area contributed by atoms with Crippen LogP contribution in [0.2, 0.25) is 0 Å². The van der Waals surface area contributed by atoms with Crippen molar-refractivity contribution in [3.05, 3.63) is 44.1 Å². The fraction of sp³-hybridized carbons (Fsp3) is 0.100. The molecule has 1 heterocycles. The van der Waals surface area contributed by atoms with Crippen molar-refractivity contribution in [2.75, 3.05) is 5.73 Å². The van der Waals surface area contributed by atoms with E-state index in [0.29, 0.717) is 6.54 Å². The standard InChI is InChI=1S/C10H9BrIN3/c11-8-3-1-2-7(4-8)6-15-10(13)9(12)5-14-15/h1-5H,6,13H2. The molecule has 0 bridgehead atoms. The molecule has 0 aliphatic carbocycles. The molecule has 0 fully saturated rings. The minimum absolute atomic E-state index is 0.703. The molecule has 0 amide bonds. The average molecular weight is 378 g/mol. The van der Waals surface area contributed by atoms with Crippen LogP contribution >= 0.6 is 38.5 Å². The van der Waals surface area contributed by atoms with E-state index in [2.05, 4.69) is 55.8 Å². The van der Waals surface area contributed by atoms with Crippen molar-refractivity contribution in [1.29, 1.82) is 0 Å². The first-order valence-corrected chi connectivity index (χ1v) is 6.25. The maximum absolute atomic E-state index is 5.87. The van der Waals surface area contributed by atoms with Crippen LogP contribution in [0.25, 0.3) is 0 Å². The number of nitrogens with two attached hydrogens (primary N) is 1. The van der Waals surface area contributed by atoms with E-state index in [0.717, 1.165) is 13.9 Å². The minimum Gasteiger partial charge on any atom is -0.383 e. The number of benzene rings is 1. The molecule has 78 valence electrons. The highest BCUT2D eigenvalue weighted by Crippen LogP contribution is 2.17. The summed E-state index contributed by atoms with van der Waals surface area (Å²) >= 11 is 5.61. The van der Waals surface area contributed by atoms with E-state index in [1.807, 2.05) is 12.1 Å². The normalized spacial score (nSPS) is 10.5. The van der Waals surface area contributed by atoms with Gasteiger partial charge in [0, 0.05) is 4.47 Å². The zero-order chi connectivity index (χ0) is 10.8. The Hall–Kier alpha value is -0.560. The SMILES string of the molecule is Nc1c(I)cnn1Cc1cccc(Br)c1. The van der Waals surface area contributed by atoms with Gasteiger partial charge in [-0.05, 0) is 40.3 Å². The number of hydrogen-bond acceptors (Lipinski definition) is 2. The predicted octanol–water partition coefficient (Wildman–Crippen LogP) is 2.88.